The Morgan fingerprint density at radius 1 is 1.24 bits per heavy atom. The van der Waals surface area contributed by atoms with Gasteiger partial charge in [0.15, 0.2) is 5.75 Å². The van der Waals surface area contributed by atoms with Crippen LogP contribution in [0.2, 0.25) is 0 Å². The zero-order valence-electron chi connectivity index (χ0n) is 10.3. The summed E-state index contributed by atoms with van der Waals surface area (Å²) in [5.74, 6) is -0.0913. The van der Waals surface area contributed by atoms with E-state index in [-0.39, 0.29) is 11.4 Å². The number of benzene rings is 1. The third-order valence-corrected chi connectivity index (χ3v) is 2.82. The smallest absolute Gasteiger partial charge is 0.404 e. The number of hydrogen-bond acceptors (Lipinski definition) is 4. The average Bonchev–Trinajstić information content (AvgIpc) is 2.41. The monoisotopic (exact) mass is 357 g/mol. The summed E-state index contributed by atoms with van der Waals surface area (Å²) in [6, 6.07) is 9.06. The molecule has 0 bridgehead atoms. The van der Waals surface area contributed by atoms with Crippen LogP contribution in [0.3, 0.4) is 0 Å². The highest BCUT2D eigenvalue weighted by molar-refractivity contribution is 9.10. The van der Waals surface area contributed by atoms with E-state index in [0.29, 0.717) is 15.9 Å². The second-order valence-electron chi connectivity index (χ2n) is 3.86. The van der Waals surface area contributed by atoms with Crippen molar-refractivity contribution in [3.05, 3.63) is 46.6 Å². The van der Waals surface area contributed by atoms with Gasteiger partial charge in [-0.05, 0) is 30.3 Å². The molecule has 1 heterocycles. The largest absolute Gasteiger partial charge is 0.573 e. The summed E-state index contributed by atoms with van der Waals surface area (Å²) < 4.78 is 41.5. The maximum Gasteiger partial charge on any atom is 0.573 e. The first-order valence-electron chi connectivity index (χ1n) is 5.56. The van der Waals surface area contributed by atoms with Crippen LogP contribution in [0.1, 0.15) is 5.56 Å². The van der Waals surface area contributed by atoms with Crippen LogP contribution in [0.15, 0.2) is 41.0 Å². The van der Waals surface area contributed by atoms with Crippen molar-refractivity contribution in [2.75, 3.05) is 5.32 Å². The Bertz CT molecular complexity index is 681. The van der Waals surface area contributed by atoms with Crippen molar-refractivity contribution in [2.24, 2.45) is 0 Å². The fourth-order valence-electron chi connectivity index (χ4n) is 1.48. The van der Waals surface area contributed by atoms with E-state index in [1.54, 1.807) is 6.07 Å². The number of ether oxygens (including phenoxy) is 1. The normalized spacial score (nSPS) is 10.8. The molecule has 8 heteroatoms. The minimum Gasteiger partial charge on any atom is -0.404 e. The molecule has 0 unspecified atom stereocenters. The standard InChI is InChI=1S/C13H7BrF3N3O/c14-9-2-3-10(11(5-9)21-13(15,16)17)20-12-4-1-8(6-18)7-19-12/h1-5,7H,(H,19,20). The lowest BCUT2D eigenvalue weighted by Crippen LogP contribution is -2.18. The Labute approximate surface area is 126 Å². The molecule has 1 N–H and O–H groups in total. The van der Waals surface area contributed by atoms with Gasteiger partial charge in [-0.2, -0.15) is 5.26 Å². The van der Waals surface area contributed by atoms with Crippen LogP contribution >= 0.6 is 15.9 Å². The first-order chi connectivity index (χ1) is 9.87. The van der Waals surface area contributed by atoms with E-state index in [2.05, 4.69) is 31.0 Å². The molecule has 0 saturated carbocycles. The van der Waals surface area contributed by atoms with Gasteiger partial charge in [0.2, 0.25) is 0 Å². The summed E-state index contributed by atoms with van der Waals surface area (Å²) in [5.41, 5.74) is 0.454. The fourth-order valence-corrected chi connectivity index (χ4v) is 1.82. The Kier molecular flexibility index (Phi) is 4.33. The number of rotatable bonds is 3. The van der Waals surface area contributed by atoms with E-state index in [1.165, 1.54) is 30.5 Å². The molecule has 1 aromatic carbocycles. The van der Waals surface area contributed by atoms with Gasteiger partial charge < -0.3 is 10.1 Å². The van der Waals surface area contributed by atoms with Gasteiger partial charge in [0, 0.05) is 10.7 Å². The minimum atomic E-state index is -4.80. The van der Waals surface area contributed by atoms with E-state index < -0.39 is 6.36 Å². The lowest BCUT2D eigenvalue weighted by molar-refractivity contribution is -0.274. The molecule has 0 fully saturated rings. The summed E-state index contributed by atoms with van der Waals surface area (Å²) in [5, 5.41) is 11.4. The number of hydrogen-bond donors (Lipinski definition) is 1. The number of nitrogens with one attached hydrogen (secondary N) is 1. The van der Waals surface area contributed by atoms with Gasteiger partial charge in [-0.3, -0.25) is 0 Å². The maximum atomic E-state index is 12.4. The van der Waals surface area contributed by atoms with Gasteiger partial charge >= 0.3 is 6.36 Å². The molecule has 21 heavy (non-hydrogen) atoms. The SMILES string of the molecule is N#Cc1ccc(Nc2ccc(Br)cc2OC(F)(F)F)nc1. The molecule has 2 rings (SSSR count). The van der Waals surface area contributed by atoms with Gasteiger partial charge in [-0.1, -0.05) is 15.9 Å². The number of nitriles is 1. The Morgan fingerprint density at radius 2 is 2.00 bits per heavy atom. The van der Waals surface area contributed by atoms with Crippen molar-refractivity contribution in [3.63, 3.8) is 0 Å². The van der Waals surface area contributed by atoms with E-state index in [4.69, 9.17) is 5.26 Å². The molecular weight excluding hydrogens is 351 g/mol. The van der Waals surface area contributed by atoms with Crippen molar-refractivity contribution in [3.8, 4) is 11.8 Å². The zero-order valence-corrected chi connectivity index (χ0v) is 11.9. The average molecular weight is 358 g/mol. The number of nitrogens with zero attached hydrogens (tertiary/aromatic N) is 2. The van der Waals surface area contributed by atoms with E-state index in [0.717, 1.165) is 0 Å². The predicted octanol–water partition coefficient (Wildman–Crippen LogP) is 4.36. The maximum absolute atomic E-state index is 12.4. The second-order valence-corrected chi connectivity index (χ2v) is 4.77. The van der Waals surface area contributed by atoms with Crippen LogP contribution in [0, 0.1) is 11.3 Å². The molecule has 0 saturated heterocycles. The number of anilines is 2. The molecule has 1 aromatic heterocycles. The fraction of sp³-hybridized carbons (Fsp3) is 0.0769. The number of pyridine rings is 1. The highest BCUT2D eigenvalue weighted by atomic mass is 79.9. The molecule has 0 aliphatic heterocycles. The van der Waals surface area contributed by atoms with Crippen molar-refractivity contribution in [2.45, 2.75) is 6.36 Å². The third kappa shape index (κ3) is 4.36. The second kappa shape index (κ2) is 6.01. The molecule has 0 spiro atoms. The van der Waals surface area contributed by atoms with E-state index in [1.807, 2.05) is 6.07 Å². The summed E-state index contributed by atoms with van der Waals surface area (Å²) in [6.07, 6.45) is -3.49. The molecule has 0 aliphatic rings. The number of aromatic nitrogens is 1. The summed E-state index contributed by atoms with van der Waals surface area (Å²) in [7, 11) is 0. The lowest BCUT2D eigenvalue weighted by Gasteiger charge is -2.14. The Hall–Kier alpha value is -2.27. The summed E-state index contributed by atoms with van der Waals surface area (Å²) >= 11 is 3.08. The highest BCUT2D eigenvalue weighted by Crippen LogP contribution is 2.34. The zero-order chi connectivity index (χ0) is 15.5. The van der Waals surface area contributed by atoms with Gasteiger partial charge in [0.05, 0.1) is 11.3 Å². The molecule has 0 aliphatic carbocycles. The molecule has 0 radical (unpaired) electrons. The predicted molar refractivity (Wildman–Crippen MR) is 73.1 cm³/mol. The number of alkyl halides is 3. The first-order valence-corrected chi connectivity index (χ1v) is 6.35. The topological polar surface area (TPSA) is 57.9 Å². The Balaban J connectivity index is 2.28. The summed E-state index contributed by atoms with van der Waals surface area (Å²) in [6.45, 7) is 0. The van der Waals surface area contributed by atoms with Crippen LogP contribution in [-0.4, -0.2) is 11.3 Å². The van der Waals surface area contributed by atoms with E-state index >= 15 is 0 Å². The molecule has 0 atom stereocenters. The summed E-state index contributed by atoms with van der Waals surface area (Å²) in [4.78, 5) is 3.92. The van der Waals surface area contributed by atoms with Gasteiger partial charge in [0.25, 0.3) is 0 Å². The van der Waals surface area contributed by atoms with Crippen LogP contribution in [0.25, 0.3) is 0 Å². The molecule has 4 nitrogen and oxygen atoms in total. The number of halogens is 4. The van der Waals surface area contributed by atoms with Crippen molar-refractivity contribution >= 4 is 27.4 Å². The van der Waals surface area contributed by atoms with Crippen LogP contribution in [0.4, 0.5) is 24.7 Å². The van der Waals surface area contributed by atoms with Crippen molar-refractivity contribution < 1.29 is 17.9 Å². The van der Waals surface area contributed by atoms with Crippen molar-refractivity contribution in [1.82, 2.24) is 4.98 Å². The third-order valence-electron chi connectivity index (χ3n) is 2.32. The lowest BCUT2D eigenvalue weighted by atomic mass is 10.2. The van der Waals surface area contributed by atoms with Crippen molar-refractivity contribution in [1.29, 1.82) is 5.26 Å². The molecule has 108 valence electrons. The molecule has 2 aromatic rings. The first kappa shape index (κ1) is 15.1. The quantitative estimate of drug-likeness (QED) is 0.886. The van der Waals surface area contributed by atoms with Gasteiger partial charge in [-0.25, -0.2) is 4.98 Å². The van der Waals surface area contributed by atoms with Crippen LogP contribution < -0.4 is 10.1 Å². The Morgan fingerprint density at radius 3 is 2.57 bits per heavy atom. The highest BCUT2D eigenvalue weighted by Gasteiger charge is 2.32. The van der Waals surface area contributed by atoms with E-state index in [9.17, 15) is 13.2 Å². The van der Waals surface area contributed by atoms with Gasteiger partial charge in [-0.15, -0.1) is 13.2 Å². The van der Waals surface area contributed by atoms with Crippen LogP contribution in [0.5, 0.6) is 5.75 Å². The minimum absolute atomic E-state index is 0.104. The molecular formula is C13H7BrF3N3O. The van der Waals surface area contributed by atoms with Gasteiger partial charge in [0.1, 0.15) is 11.9 Å². The molecule has 0 amide bonds. The van der Waals surface area contributed by atoms with Crippen LogP contribution in [-0.2, 0) is 0 Å².